The molecule has 1 aliphatic carbocycles. The summed E-state index contributed by atoms with van der Waals surface area (Å²) in [6.07, 6.45) is 12.7. The molecule has 0 spiro atoms. The molecule has 0 aliphatic heterocycles. The van der Waals surface area contributed by atoms with Crippen LogP contribution in [0, 0.1) is 0 Å². The van der Waals surface area contributed by atoms with E-state index in [9.17, 15) is 8.42 Å². The first kappa shape index (κ1) is 20.0. The van der Waals surface area contributed by atoms with Gasteiger partial charge in [0.1, 0.15) is 4.90 Å². The van der Waals surface area contributed by atoms with Crippen LogP contribution in [0.5, 0.6) is 0 Å². The highest BCUT2D eigenvalue weighted by Gasteiger charge is 2.22. The van der Waals surface area contributed by atoms with E-state index >= 15 is 0 Å². The first-order chi connectivity index (χ1) is 11.5. The molecule has 1 aliphatic rings. The first-order valence-electron chi connectivity index (χ1n) is 8.96. The minimum atomic E-state index is -3.64. The smallest absolute Gasteiger partial charge is 0.208 e. The predicted molar refractivity (Wildman–Crippen MR) is 101 cm³/mol. The summed E-state index contributed by atoms with van der Waals surface area (Å²) in [5.41, 5.74) is 0. The lowest BCUT2D eigenvalue weighted by molar-refractivity contribution is 0.440. The lowest BCUT2D eigenvalue weighted by Gasteiger charge is -2.20. The Morgan fingerprint density at radius 2 is 1.33 bits per heavy atom. The molecule has 0 aromatic heterocycles. The van der Waals surface area contributed by atoms with Crippen molar-refractivity contribution in [2.45, 2.75) is 81.6 Å². The van der Waals surface area contributed by atoms with Crippen LogP contribution in [-0.2, 0) is 10.0 Å². The zero-order valence-corrected chi connectivity index (χ0v) is 16.4. The van der Waals surface area contributed by atoms with Crippen molar-refractivity contribution in [3.05, 3.63) is 28.2 Å². The van der Waals surface area contributed by atoms with Crippen LogP contribution in [-0.4, -0.2) is 14.5 Å². The van der Waals surface area contributed by atoms with Crippen molar-refractivity contribution < 1.29 is 8.42 Å². The maximum absolute atomic E-state index is 12.7. The van der Waals surface area contributed by atoms with Crippen LogP contribution in [0.25, 0.3) is 0 Å². The largest absolute Gasteiger partial charge is 0.242 e. The third-order valence-electron chi connectivity index (χ3n) is 4.61. The third-order valence-corrected chi connectivity index (χ3v) is 6.85. The van der Waals surface area contributed by atoms with Gasteiger partial charge in [-0.3, -0.25) is 0 Å². The highest BCUT2D eigenvalue weighted by Crippen LogP contribution is 2.26. The fourth-order valence-electron chi connectivity index (χ4n) is 3.25. The van der Waals surface area contributed by atoms with Gasteiger partial charge in [-0.25, -0.2) is 13.1 Å². The van der Waals surface area contributed by atoms with Crippen molar-refractivity contribution in [2.24, 2.45) is 0 Å². The molecule has 3 nitrogen and oxygen atoms in total. The van der Waals surface area contributed by atoms with E-state index in [4.69, 9.17) is 23.2 Å². The van der Waals surface area contributed by atoms with Gasteiger partial charge in [-0.15, -0.1) is 0 Å². The maximum Gasteiger partial charge on any atom is 0.242 e. The molecule has 0 amide bonds. The van der Waals surface area contributed by atoms with Gasteiger partial charge in [-0.1, -0.05) is 81.0 Å². The van der Waals surface area contributed by atoms with Crippen LogP contribution >= 0.6 is 23.2 Å². The Balaban J connectivity index is 2.05. The maximum atomic E-state index is 12.7. The number of benzene rings is 1. The quantitative estimate of drug-likeness (QED) is 0.691. The van der Waals surface area contributed by atoms with Gasteiger partial charge in [0.05, 0.1) is 5.02 Å². The Morgan fingerprint density at radius 1 is 0.833 bits per heavy atom. The molecule has 136 valence electrons. The normalized spacial score (nSPS) is 19.4. The number of hydrogen-bond acceptors (Lipinski definition) is 2. The summed E-state index contributed by atoms with van der Waals surface area (Å²) in [6, 6.07) is 4.52. The van der Waals surface area contributed by atoms with Crippen LogP contribution in [0.3, 0.4) is 0 Å². The van der Waals surface area contributed by atoms with Crippen LogP contribution in [0.4, 0.5) is 0 Å². The molecular weight excluding hydrogens is 365 g/mol. The molecule has 1 aromatic carbocycles. The van der Waals surface area contributed by atoms with Crippen molar-refractivity contribution in [1.82, 2.24) is 4.72 Å². The Hall–Kier alpha value is -0.290. The fraction of sp³-hybridized carbons (Fsp3) is 0.667. The summed E-state index contributed by atoms with van der Waals surface area (Å²) >= 11 is 12.0. The van der Waals surface area contributed by atoms with E-state index in [1.54, 1.807) is 6.07 Å². The molecule has 2 rings (SSSR count). The van der Waals surface area contributed by atoms with Crippen molar-refractivity contribution >= 4 is 33.2 Å². The van der Waals surface area contributed by atoms with Crippen molar-refractivity contribution in [2.75, 3.05) is 0 Å². The lowest BCUT2D eigenvalue weighted by Crippen LogP contribution is -2.35. The summed E-state index contributed by atoms with van der Waals surface area (Å²) in [4.78, 5) is 0.0720. The molecule has 1 N–H and O–H groups in total. The molecule has 6 heteroatoms. The molecule has 0 bridgehead atoms. The highest BCUT2D eigenvalue weighted by atomic mass is 35.5. The van der Waals surface area contributed by atoms with Crippen LogP contribution < -0.4 is 4.72 Å². The van der Waals surface area contributed by atoms with Gasteiger partial charge in [-0.05, 0) is 31.0 Å². The molecule has 0 saturated heterocycles. The van der Waals surface area contributed by atoms with Gasteiger partial charge in [0.15, 0.2) is 0 Å². The Kier molecular flexibility index (Phi) is 8.35. The summed E-state index contributed by atoms with van der Waals surface area (Å²) < 4.78 is 28.2. The Labute approximate surface area is 156 Å². The van der Waals surface area contributed by atoms with Gasteiger partial charge in [-0.2, -0.15) is 0 Å². The monoisotopic (exact) mass is 391 g/mol. The lowest BCUT2D eigenvalue weighted by atomic mass is 9.98. The van der Waals surface area contributed by atoms with Crippen molar-refractivity contribution in [3.8, 4) is 0 Å². The van der Waals surface area contributed by atoms with Gasteiger partial charge in [0.25, 0.3) is 0 Å². The van der Waals surface area contributed by atoms with Crippen LogP contribution in [0.1, 0.15) is 70.6 Å². The number of sulfonamides is 1. The summed E-state index contributed by atoms with van der Waals surface area (Å²) in [5.74, 6) is 0. The molecule has 0 heterocycles. The zero-order valence-electron chi connectivity index (χ0n) is 14.1. The molecule has 1 fully saturated rings. The van der Waals surface area contributed by atoms with E-state index in [0.29, 0.717) is 5.02 Å². The third kappa shape index (κ3) is 6.55. The Bertz CT molecular complexity index is 607. The standard InChI is InChI=1S/C18H27Cl2NO2S/c19-15-12-13-17(20)18(14-15)24(22,23)21-16-10-8-6-4-2-1-3-5-7-9-11-16/h12-14,16,21H,1-11H2. The Morgan fingerprint density at radius 3 is 1.88 bits per heavy atom. The number of nitrogens with one attached hydrogen (secondary N) is 1. The van der Waals surface area contributed by atoms with Crippen LogP contribution in [0.15, 0.2) is 23.1 Å². The first-order valence-corrected chi connectivity index (χ1v) is 11.2. The molecule has 0 radical (unpaired) electrons. The molecule has 1 aromatic rings. The molecule has 1 saturated carbocycles. The van der Waals surface area contributed by atoms with Gasteiger partial charge in [0, 0.05) is 11.1 Å². The zero-order chi connectivity index (χ0) is 17.4. The number of halogens is 2. The van der Waals surface area contributed by atoms with E-state index < -0.39 is 10.0 Å². The van der Waals surface area contributed by atoms with E-state index in [2.05, 4.69) is 4.72 Å². The summed E-state index contributed by atoms with van der Waals surface area (Å²) in [5, 5.41) is 0.582. The van der Waals surface area contributed by atoms with Crippen molar-refractivity contribution in [1.29, 1.82) is 0 Å². The van der Waals surface area contributed by atoms with E-state index in [-0.39, 0.29) is 16.0 Å². The van der Waals surface area contributed by atoms with Crippen molar-refractivity contribution in [3.63, 3.8) is 0 Å². The molecular formula is C18H27Cl2NO2S. The average molecular weight is 392 g/mol. The second-order valence-corrected chi connectivity index (χ2v) is 9.18. The molecule has 0 atom stereocenters. The van der Waals surface area contributed by atoms with E-state index in [1.807, 2.05) is 0 Å². The SMILES string of the molecule is O=S(=O)(NC1CCCCCCCCCCC1)c1cc(Cl)ccc1Cl. The average Bonchev–Trinajstić information content (AvgIpc) is 2.52. The topological polar surface area (TPSA) is 46.2 Å². The minimum absolute atomic E-state index is 0.0236. The molecule has 0 unspecified atom stereocenters. The van der Waals surface area contributed by atoms with Gasteiger partial charge < -0.3 is 0 Å². The second kappa shape index (κ2) is 10.0. The highest BCUT2D eigenvalue weighted by molar-refractivity contribution is 7.89. The number of hydrogen-bond donors (Lipinski definition) is 1. The molecule has 24 heavy (non-hydrogen) atoms. The van der Waals surface area contributed by atoms with E-state index in [0.717, 1.165) is 25.7 Å². The summed E-state index contributed by atoms with van der Waals surface area (Å²) in [7, 11) is -3.64. The van der Waals surface area contributed by atoms with Gasteiger partial charge >= 0.3 is 0 Å². The van der Waals surface area contributed by atoms with Gasteiger partial charge in [0.2, 0.25) is 10.0 Å². The van der Waals surface area contributed by atoms with E-state index in [1.165, 1.54) is 57.1 Å². The predicted octanol–water partition coefficient (Wildman–Crippen LogP) is 5.95. The van der Waals surface area contributed by atoms with Crippen LogP contribution in [0.2, 0.25) is 10.0 Å². The second-order valence-electron chi connectivity index (χ2n) is 6.65. The minimum Gasteiger partial charge on any atom is -0.208 e. The summed E-state index contributed by atoms with van der Waals surface area (Å²) in [6.45, 7) is 0. The fourth-order valence-corrected chi connectivity index (χ4v) is 5.31. The number of rotatable bonds is 3.